The number of carbonyl (C=O) groups excluding carboxylic acids is 1. The van der Waals surface area contributed by atoms with Gasteiger partial charge < -0.3 is 32.7 Å². The van der Waals surface area contributed by atoms with E-state index in [2.05, 4.69) is 43.4 Å². The molecule has 0 spiro atoms. The quantitative estimate of drug-likeness (QED) is 0.0258. The molecule has 4 atom stereocenters. The Labute approximate surface area is 371 Å². The number of methoxy groups -OCH3 is 2. The van der Waals surface area contributed by atoms with Gasteiger partial charge in [-0.1, -0.05) is 72.3 Å². The topological polar surface area (TPSA) is 127 Å². The van der Waals surface area contributed by atoms with Gasteiger partial charge in [0.1, 0.15) is 29.4 Å². The maximum absolute atomic E-state index is 13.1. The molecule has 5 aromatic rings. The van der Waals surface area contributed by atoms with Gasteiger partial charge in [0.2, 0.25) is 10.7 Å². The van der Waals surface area contributed by atoms with E-state index < -0.39 is 38.5 Å². The van der Waals surface area contributed by atoms with Crippen LogP contribution in [0.4, 0.5) is 0 Å². The van der Waals surface area contributed by atoms with Gasteiger partial charge in [0.25, 0.3) is 8.53 Å². The largest absolute Gasteiger partial charge is 0.497 e. The van der Waals surface area contributed by atoms with E-state index in [9.17, 15) is 10.1 Å². The zero-order valence-corrected chi connectivity index (χ0v) is 38.2. The van der Waals surface area contributed by atoms with Crippen molar-refractivity contribution in [2.45, 2.75) is 90.5 Å². The van der Waals surface area contributed by atoms with Crippen LogP contribution < -0.4 is 14.2 Å². The molecule has 1 aromatic heterocycles. The van der Waals surface area contributed by atoms with E-state index in [0.717, 1.165) is 22.3 Å². The number of carbonyl (C=O) groups is 1. The minimum absolute atomic E-state index is 0.0718. The van der Waals surface area contributed by atoms with E-state index in [1.807, 2.05) is 105 Å². The molecule has 0 saturated carbocycles. The lowest BCUT2D eigenvalue weighted by atomic mass is 9.80. The number of rotatable bonds is 19. The van der Waals surface area contributed by atoms with Gasteiger partial charge in [0, 0.05) is 30.3 Å². The summed E-state index contributed by atoms with van der Waals surface area (Å²) in [7, 11) is 1.61. The summed E-state index contributed by atoms with van der Waals surface area (Å²) >= 11 is 5.85. The number of aryl methyl sites for hydroxylation is 2. The predicted molar refractivity (Wildman–Crippen MR) is 241 cm³/mol. The Kier molecular flexibility index (Phi) is 16.0. The highest BCUT2D eigenvalue weighted by atomic mass is 32.1. The number of ether oxygens (including phenoxy) is 5. The van der Waals surface area contributed by atoms with Crippen LogP contribution in [0.3, 0.4) is 0 Å². The van der Waals surface area contributed by atoms with Gasteiger partial charge in [0.15, 0.2) is 0 Å². The first-order valence-corrected chi connectivity index (χ1v) is 22.2. The first-order chi connectivity index (χ1) is 29.9. The minimum Gasteiger partial charge on any atom is -0.497 e. The van der Waals surface area contributed by atoms with Gasteiger partial charge in [-0.05, 0) is 107 Å². The fourth-order valence-corrected chi connectivity index (χ4v) is 9.53. The van der Waals surface area contributed by atoms with Crippen molar-refractivity contribution in [2.75, 3.05) is 27.4 Å². The molecule has 14 heteroatoms. The summed E-state index contributed by atoms with van der Waals surface area (Å²) < 4.78 is 48.7. The van der Waals surface area contributed by atoms with Gasteiger partial charge in [0.05, 0.1) is 51.6 Å². The molecule has 1 fully saturated rings. The standard InChI is InChI=1S/C48H55N4O8PS/c1-32(2)52(33(3)4)61(57-28-12-27-49)60-42-29-44(51-30-35(6)45(50-47(51)62)59-46(53)36-17-15-34(5)16-18-36)58-43(42)31-56-48(37-13-10-9-11-14-37,38-19-23-40(54-7)24-20-38)39-21-25-41(55-8)26-22-39/h9-11,13-26,30,32-33,42-44H,12,28-29,31H2,1-8H3/t42?,43-,44-,61?/m1/s1. The molecule has 4 aromatic carbocycles. The molecule has 1 aliphatic rings. The van der Waals surface area contributed by atoms with Crippen LogP contribution in [0.25, 0.3) is 0 Å². The molecule has 2 heterocycles. The summed E-state index contributed by atoms with van der Waals surface area (Å²) in [6.07, 6.45) is 0.528. The first kappa shape index (κ1) is 46.5. The van der Waals surface area contributed by atoms with E-state index >= 15 is 0 Å². The lowest BCUT2D eigenvalue weighted by molar-refractivity contribution is -0.0923. The van der Waals surface area contributed by atoms with Crippen LogP contribution in [0.1, 0.15) is 84.9 Å². The second-order valence-corrected chi connectivity index (χ2v) is 17.3. The molecule has 62 heavy (non-hydrogen) atoms. The second kappa shape index (κ2) is 21.4. The normalized spacial score (nSPS) is 17.0. The van der Waals surface area contributed by atoms with E-state index in [-0.39, 0.29) is 42.4 Å². The SMILES string of the molecule is COc1ccc(C(OC[C@H]2O[C@@H](n3cc(C)c(OC(=O)c4ccc(C)cc4)nc3=S)CC2OP(OCCC#N)N(C(C)C)C(C)C)(c2ccccc2)c2ccc(OC)cc2)cc1. The van der Waals surface area contributed by atoms with Gasteiger partial charge in [-0.25, -0.2) is 9.46 Å². The van der Waals surface area contributed by atoms with Gasteiger partial charge in [-0.15, -0.1) is 0 Å². The second-order valence-electron chi connectivity index (χ2n) is 15.5. The van der Waals surface area contributed by atoms with Gasteiger partial charge in [-0.2, -0.15) is 10.2 Å². The van der Waals surface area contributed by atoms with Crippen molar-refractivity contribution < 1.29 is 37.5 Å². The summed E-state index contributed by atoms with van der Waals surface area (Å²) in [5, 5.41) is 9.42. The number of benzene rings is 4. The molecule has 0 bridgehead atoms. The van der Waals surface area contributed by atoms with Gasteiger partial charge >= 0.3 is 5.97 Å². The Hall–Kier alpha value is -5.03. The molecule has 12 nitrogen and oxygen atoms in total. The Morgan fingerprint density at radius 2 is 1.48 bits per heavy atom. The van der Waals surface area contributed by atoms with Crippen LogP contribution in [-0.2, 0) is 24.1 Å². The van der Waals surface area contributed by atoms with Crippen LogP contribution >= 0.6 is 20.7 Å². The van der Waals surface area contributed by atoms with Crippen LogP contribution in [0.5, 0.6) is 17.4 Å². The van der Waals surface area contributed by atoms with Crippen LogP contribution in [0.2, 0.25) is 0 Å². The number of aromatic nitrogens is 2. The predicted octanol–water partition coefficient (Wildman–Crippen LogP) is 10.4. The Morgan fingerprint density at radius 1 is 0.903 bits per heavy atom. The van der Waals surface area contributed by atoms with Crippen LogP contribution in [0.15, 0.2) is 109 Å². The summed E-state index contributed by atoms with van der Waals surface area (Å²) in [6, 6.07) is 35.2. The first-order valence-electron chi connectivity index (χ1n) is 20.7. The highest BCUT2D eigenvalue weighted by molar-refractivity contribution is 7.71. The maximum Gasteiger partial charge on any atom is 0.344 e. The number of hydrogen-bond acceptors (Lipinski definition) is 12. The average molecular weight is 879 g/mol. The number of nitriles is 1. The molecule has 1 saturated heterocycles. The molecule has 0 aliphatic carbocycles. The lowest BCUT2D eigenvalue weighted by Crippen LogP contribution is -2.39. The molecular weight excluding hydrogens is 824 g/mol. The van der Waals surface area contributed by atoms with Gasteiger partial charge in [-0.3, -0.25) is 4.57 Å². The zero-order valence-electron chi connectivity index (χ0n) is 36.5. The fraction of sp³-hybridized carbons (Fsp3) is 0.375. The molecule has 1 aliphatic heterocycles. The van der Waals surface area contributed by atoms with E-state index in [4.69, 9.17) is 44.9 Å². The smallest absolute Gasteiger partial charge is 0.344 e. The van der Waals surface area contributed by atoms with Crippen molar-refractivity contribution in [3.05, 3.63) is 147 Å². The van der Waals surface area contributed by atoms with Crippen LogP contribution in [0, 0.1) is 29.9 Å². The number of nitrogens with zero attached hydrogens (tertiary/aromatic N) is 4. The highest BCUT2D eigenvalue weighted by Crippen LogP contribution is 2.51. The van der Waals surface area contributed by atoms with Crippen molar-refractivity contribution in [1.29, 1.82) is 5.26 Å². The van der Waals surface area contributed by atoms with E-state index in [1.165, 1.54) is 0 Å². The molecule has 326 valence electrons. The molecular formula is C48H55N4O8PS. The van der Waals surface area contributed by atoms with E-state index in [1.54, 1.807) is 37.1 Å². The number of esters is 1. The summed E-state index contributed by atoms with van der Waals surface area (Å²) in [5.41, 5.74) is 3.53. The van der Waals surface area contributed by atoms with Crippen molar-refractivity contribution in [3.63, 3.8) is 0 Å². The summed E-state index contributed by atoms with van der Waals surface area (Å²) in [6.45, 7) is 12.4. The van der Waals surface area contributed by atoms with Crippen molar-refractivity contribution in [2.24, 2.45) is 0 Å². The molecule has 0 radical (unpaired) electrons. The van der Waals surface area contributed by atoms with E-state index in [0.29, 0.717) is 29.0 Å². The third kappa shape index (κ3) is 10.8. The molecule has 6 rings (SSSR count). The van der Waals surface area contributed by atoms with Crippen molar-refractivity contribution in [3.8, 4) is 23.4 Å². The molecule has 2 unspecified atom stereocenters. The number of hydrogen-bond donors (Lipinski definition) is 0. The zero-order chi connectivity index (χ0) is 44.4. The molecule has 0 N–H and O–H groups in total. The minimum atomic E-state index is -1.66. The highest BCUT2D eigenvalue weighted by Gasteiger charge is 2.45. The lowest BCUT2D eigenvalue weighted by Gasteiger charge is -2.39. The third-order valence-electron chi connectivity index (χ3n) is 10.6. The third-order valence-corrected chi connectivity index (χ3v) is 13.0. The van der Waals surface area contributed by atoms with Crippen molar-refractivity contribution in [1.82, 2.24) is 14.2 Å². The van der Waals surface area contributed by atoms with Crippen LogP contribution in [-0.4, -0.2) is 71.9 Å². The van der Waals surface area contributed by atoms with Crippen molar-refractivity contribution >= 4 is 26.7 Å². The monoisotopic (exact) mass is 878 g/mol. The Bertz CT molecular complexity index is 2280. The summed E-state index contributed by atoms with van der Waals surface area (Å²) in [5.74, 6) is 1.01. The molecule has 0 amide bonds. The fourth-order valence-electron chi connectivity index (χ4n) is 7.52. The average Bonchev–Trinajstić information content (AvgIpc) is 3.67. The Morgan fingerprint density at radius 3 is 2.03 bits per heavy atom. The maximum atomic E-state index is 13.1. The summed E-state index contributed by atoms with van der Waals surface area (Å²) in [4.78, 5) is 17.7. The Balaban J connectivity index is 1.40.